The van der Waals surface area contributed by atoms with Gasteiger partial charge in [-0.15, -0.1) is 0 Å². The largest absolute Gasteiger partial charge is 0.311 e. The average Bonchev–Trinajstić information content (AvgIpc) is 2.96. The standard InChI is InChI=1S/C16H17N3O2S/c1-2-12-9-14(20)18-16(17-12)22-10-15(21)19-8-7-11-5-3-4-6-13(11)19/h3-6,9H,2,7-8,10H2,1H3,(H,17,18,20). The normalized spacial score (nSPS) is 13.2. The number of aromatic nitrogens is 2. The Morgan fingerprint density at radius 3 is 3.05 bits per heavy atom. The van der Waals surface area contributed by atoms with Crippen LogP contribution in [0.3, 0.4) is 0 Å². The summed E-state index contributed by atoms with van der Waals surface area (Å²) in [6, 6.07) is 9.46. The Labute approximate surface area is 132 Å². The highest BCUT2D eigenvalue weighted by atomic mass is 32.2. The van der Waals surface area contributed by atoms with E-state index in [9.17, 15) is 9.59 Å². The third-order valence-corrected chi connectivity index (χ3v) is 4.51. The lowest BCUT2D eigenvalue weighted by molar-refractivity contribution is -0.116. The summed E-state index contributed by atoms with van der Waals surface area (Å²) < 4.78 is 0. The highest BCUT2D eigenvalue weighted by molar-refractivity contribution is 7.99. The molecule has 0 saturated carbocycles. The lowest BCUT2D eigenvalue weighted by Gasteiger charge is -2.16. The molecule has 5 nitrogen and oxygen atoms in total. The Morgan fingerprint density at radius 2 is 2.23 bits per heavy atom. The number of rotatable bonds is 4. The fourth-order valence-corrected chi connectivity index (χ4v) is 3.31. The first-order valence-corrected chi connectivity index (χ1v) is 8.27. The van der Waals surface area contributed by atoms with Gasteiger partial charge in [-0.1, -0.05) is 36.9 Å². The molecule has 1 aliphatic heterocycles. The van der Waals surface area contributed by atoms with Gasteiger partial charge in [0.25, 0.3) is 5.56 Å². The number of aromatic amines is 1. The molecule has 0 aliphatic carbocycles. The van der Waals surface area contributed by atoms with Crippen LogP contribution in [0.25, 0.3) is 0 Å². The number of benzene rings is 1. The molecule has 0 radical (unpaired) electrons. The van der Waals surface area contributed by atoms with E-state index in [-0.39, 0.29) is 17.2 Å². The van der Waals surface area contributed by atoms with Gasteiger partial charge in [0.1, 0.15) is 0 Å². The molecule has 1 N–H and O–H groups in total. The van der Waals surface area contributed by atoms with Crippen molar-refractivity contribution in [3.05, 3.63) is 51.9 Å². The van der Waals surface area contributed by atoms with E-state index < -0.39 is 0 Å². The van der Waals surface area contributed by atoms with Crippen molar-refractivity contribution in [2.24, 2.45) is 0 Å². The number of fused-ring (bicyclic) bond motifs is 1. The van der Waals surface area contributed by atoms with Crippen LogP contribution in [-0.4, -0.2) is 28.2 Å². The van der Waals surface area contributed by atoms with Gasteiger partial charge in [0.05, 0.1) is 5.75 Å². The molecule has 0 fully saturated rings. The highest BCUT2D eigenvalue weighted by Gasteiger charge is 2.24. The van der Waals surface area contributed by atoms with Gasteiger partial charge in [0.2, 0.25) is 5.91 Å². The third kappa shape index (κ3) is 3.06. The van der Waals surface area contributed by atoms with Crippen molar-refractivity contribution in [1.29, 1.82) is 0 Å². The molecule has 2 aromatic rings. The Hall–Kier alpha value is -2.08. The molecule has 0 atom stereocenters. The van der Waals surface area contributed by atoms with Gasteiger partial charge in [-0.25, -0.2) is 4.98 Å². The lowest BCUT2D eigenvalue weighted by Crippen LogP contribution is -2.30. The van der Waals surface area contributed by atoms with Gasteiger partial charge in [0, 0.05) is 24.0 Å². The van der Waals surface area contributed by atoms with Crippen LogP contribution >= 0.6 is 11.8 Å². The summed E-state index contributed by atoms with van der Waals surface area (Å²) in [7, 11) is 0. The summed E-state index contributed by atoms with van der Waals surface area (Å²) in [5, 5.41) is 0.505. The molecule has 1 amide bonds. The smallest absolute Gasteiger partial charge is 0.251 e. The zero-order valence-corrected chi connectivity index (χ0v) is 13.2. The van der Waals surface area contributed by atoms with Gasteiger partial charge in [-0.3, -0.25) is 9.59 Å². The van der Waals surface area contributed by atoms with Gasteiger partial charge in [0.15, 0.2) is 5.16 Å². The van der Waals surface area contributed by atoms with E-state index in [0.29, 0.717) is 11.6 Å². The lowest BCUT2D eigenvalue weighted by atomic mass is 10.2. The summed E-state index contributed by atoms with van der Waals surface area (Å²) in [6.07, 6.45) is 1.60. The Kier molecular flexibility index (Phi) is 4.29. The topological polar surface area (TPSA) is 66.1 Å². The molecule has 1 aromatic carbocycles. The van der Waals surface area contributed by atoms with Crippen molar-refractivity contribution in [1.82, 2.24) is 9.97 Å². The Bertz CT molecular complexity index is 757. The van der Waals surface area contributed by atoms with E-state index in [1.807, 2.05) is 30.0 Å². The van der Waals surface area contributed by atoms with Crippen molar-refractivity contribution in [2.45, 2.75) is 24.9 Å². The predicted octanol–water partition coefficient (Wildman–Crippen LogP) is 2.01. The minimum absolute atomic E-state index is 0.0412. The fraction of sp³-hybridized carbons (Fsp3) is 0.312. The molecule has 6 heteroatoms. The molecule has 0 spiro atoms. The summed E-state index contributed by atoms with van der Waals surface area (Å²) >= 11 is 1.28. The number of amides is 1. The summed E-state index contributed by atoms with van der Waals surface area (Å²) in [6.45, 7) is 2.67. The SMILES string of the molecule is CCc1cc(=O)[nH]c(SCC(=O)N2CCc3ccccc32)n1. The fourth-order valence-electron chi connectivity index (χ4n) is 2.54. The first kappa shape index (κ1) is 14.8. The number of carbonyl (C=O) groups is 1. The molecular weight excluding hydrogens is 298 g/mol. The van der Waals surface area contributed by atoms with E-state index >= 15 is 0 Å². The number of hydrogen-bond donors (Lipinski definition) is 1. The second kappa shape index (κ2) is 6.36. The molecule has 0 unspecified atom stereocenters. The number of nitrogens with zero attached hydrogens (tertiary/aromatic N) is 2. The third-order valence-electron chi connectivity index (χ3n) is 3.66. The summed E-state index contributed by atoms with van der Waals surface area (Å²) in [5.41, 5.74) is 2.77. The van der Waals surface area contributed by atoms with Crippen molar-refractivity contribution in [3.8, 4) is 0 Å². The molecule has 22 heavy (non-hydrogen) atoms. The van der Waals surface area contributed by atoms with Crippen LogP contribution in [0.5, 0.6) is 0 Å². The molecule has 3 rings (SSSR count). The minimum Gasteiger partial charge on any atom is -0.311 e. The van der Waals surface area contributed by atoms with Crippen LogP contribution < -0.4 is 10.5 Å². The number of aryl methyl sites for hydroxylation is 1. The van der Waals surface area contributed by atoms with Gasteiger partial charge in [-0.05, 0) is 24.5 Å². The average molecular weight is 315 g/mol. The predicted molar refractivity (Wildman–Crippen MR) is 87.5 cm³/mol. The number of hydrogen-bond acceptors (Lipinski definition) is 4. The molecule has 1 aromatic heterocycles. The second-order valence-electron chi connectivity index (χ2n) is 5.11. The summed E-state index contributed by atoms with van der Waals surface area (Å²) in [4.78, 5) is 32.8. The maximum atomic E-state index is 12.4. The Balaban J connectivity index is 1.69. The first-order valence-electron chi connectivity index (χ1n) is 7.28. The van der Waals surface area contributed by atoms with Crippen molar-refractivity contribution in [2.75, 3.05) is 17.2 Å². The Morgan fingerprint density at radius 1 is 1.41 bits per heavy atom. The van der Waals surface area contributed by atoms with Crippen LogP contribution in [0.4, 0.5) is 5.69 Å². The van der Waals surface area contributed by atoms with E-state index in [2.05, 4.69) is 16.0 Å². The molecular formula is C16H17N3O2S. The van der Waals surface area contributed by atoms with Crippen LogP contribution in [0.2, 0.25) is 0 Å². The van der Waals surface area contributed by atoms with Crippen molar-refractivity contribution in [3.63, 3.8) is 0 Å². The van der Waals surface area contributed by atoms with E-state index in [1.54, 1.807) is 0 Å². The maximum absolute atomic E-state index is 12.4. The molecule has 2 heterocycles. The van der Waals surface area contributed by atoms with Crippen LogP contribution in [-0.2, 0) is 17.6 Å². The minimum atomic E-state index is -0.173. The monoisotopic (exact) mass is 315 g/mol. The van der Waals surface area contributed by atoms with Crippen molar-refractivity contribution >= 4 is 23.4 Å². The molecule has 0 saturated heterocycles. The van der Waals surface area contributed by atoms with Crippen LogP contribution in [0.1, 0.15) is 18.2 Å². The quantitative estimate of drug-likeness (QED) is 0.692. The zero-order valence-electron chi connectivity index (χ0n) is 12.3. The van der Waals surface area contributed by atoms with Gasteiger partial charge in [-0.2, -0.15) is 0 Å². The molecule has 0 bridgehead atoms. The van der Waals surface area contributed by atoms with E-state index in [4.69, 9.17) is 0 Å². The number of anilines is 1. The zero-order chi connectivity index (χ0) is 15.5. The number of carbonyl (C=O) groups excluding carboxylic acids is 1. The maximum Gasteiger partial charge on any atom is 0.251 e. The molecule has 1 aliphatic rings. The van der Waals surface area contributed by atoms with Crippen LogP contribution in [0, 0.1) is 0 Å². The van der Waals surface area contributed by atoms with Gasteiger partial charge >= 0.3 is 0 Å². The highest BCUT2D eigenvalue weighted by Crippen LogP contribution is 2.28. The second-order valence-corrected chi connectivity index (χ2v) is 6.07. The van der Waals surface area contributed by atoms with E-state index in [1.165, 1.54) is 23.4 Å². The number of H-pyrrole nitrogens is 1. The van der Waals surface area contributed by atoms with Crippen molar-refractivity contribution < 1.29 is 4.79 Å². The first-order chi connectivity index (χ1) is 10.7. The number of para-hydroxylation sites is 1. The van der Waals surface area contributed by atoms with Crippen LogP contribution in [0.15, 0.2) is 40.3 Å². The number of thioether (sulfide) groups is 1. The molecule has 114 valence electrons. The number of nitrogens with one attached hydrogen (secondary N) is 1. The van der Waals surface area contributed by atoms with E-state index in [0.717, 1.165) is 24.3 Å². The van der Waals surface area contributed by atoms with Gasteiger partial charge < -0.3 is 9.88 Å². The summed E-state index contributed by atoms with van der Waals surface area (Å²) in [5.74, 6) is 0.309.